The molecule has 2 aliphatic carbocycles. The first-order valence-electron chi connectivity index (χ1n) is 11.8. The Morgan fingerprint density at radius 1 is 1.10 bits per heavy atom. The zero-order valence-electron chi connectivity index (χ0n) is 19.2. The van der Waals surface area contributed by atoms with Crippen LogP contribution < -0.4 is 10.1 Å². The van der Waals surface area contributed by atoms with Crippen molar-refractivity contribution >= 4 is 5.91 Å². The minimum absolute atomic E-state index is 0.0853. The zero-order chi connectivity index (χ0) is 21.8. The molecular formula is C27H36N2O2. The van der Waals surface area contributed by atoms with Gasteiger partial charge in [0.1, 0.15) is 5.75 Å². The van der Waals surface area contributed by atoms with E-state index in [1.54, 1.807) is 0 Å². The summed E-state index contributed by atoms with van der Waals surface area (Å²) in [4.78, 5) is 15.0. The van der Waals surface area contributed by atoms with Crippen LogP contribution in [0.2, 0.25) is 0 Å². The van der Waals surface area contributed by atoms with Crippen LogP contribution in [0.3, 0.4) is 0 Å². The van der Waals surface area contributed by atoms with Gasteiger partial charge in [0, 0.05) is 25.2 Å². The van der Waals surface area contributed by atoms with Crippen molar-refractivity contribution in [3.63, 3.8) is 0 Å². The maximum atomic E-state index is 13.0. The molecule has 1 fully saturated rings. The Hall–Kier alpha value is -2.33. The number of rotatable bonds is 10. The molecule has 0 bridgehead atoms. The summed E-state index contributed by atoms with van der Waals surface area (Å²) in [6, 6.07) is 14.6. The van der Waals surface area contributed by atoms with Crippen LogP contribution in [0.15, 0.2) is 42.5 Å². The number of benzene rings is 2. The van der Waals surface area contributed by atoms with Crippen molar-refractivity contribution in [3.8, 4) is 5.75 Å². The molecule has 4 heteroatoms. The number of hydrogen-bond donors (Lipinski definition) is 1. The van der Waals surface area contributed by atoms with Gasteiger partial charge in [0.05, 0.1) is 6.61 Å². The normalized spacial score (nSPS) is 17.6. The Morgan fingerprint density at radius 3 is 2.55 bits per heavy atom. The summed E-state index contributed by atoms with van der Waals surface area (Å²) in [6.07, 6.45) is 5.62. The van der Waals surface area contributed by atoms with Gasteiger partial charge in [-0.25, -0.2) is 0 Å². The smallest absolute Gasteiger partial charge is 0.253 e. The van der Waals surface area contributed by atoms with Crippen LogP contribution in [0.25, 0.3) is 0 Å². The molecule has 1 N–H and O–H groups in total. The van der Waals surface area contributed by atoms with Crippen LogP contribution in [0, 0.1) is 11.8 Å². The second-order valence-corrected chi connectivity index (χ2v) is 9.72. The Kier molecular flexibility index (Phi) is 6.96. The maximum absolute atomic E-state index is 13.0. The SMILES string of the molecule is CC(C)CCNCc1ccc2c(c1)C[C@H](N(C)C(=O)c1ccc(OCC3CC3)cc1)C2. The fraction of sp³-hybridized carbons (Fsp3) is 0.519. The predicted molar refractivity (Wildman–Crippen MR) is 126 cm³/mol. The summed E-state index contributed by atoms with van der Waals surface area (Å²) in [5, 5.41) is 3.55. The lowest BCUT2D eigenvalue weighted by Gasteiger charge is -2.24. The number of likely N-dealkylation sites (N-methyl/N-ethyl adjacent to an activating group) is 1. The molecule has 1 saturated carbocycles. The molecule has 0 unspecified atom stereocenters. The van der Waals surface area contributed by atoms with Crippen LogP contribution in [-0.2, 0) is 19.4 Å². The van der Waals surface area contributed by atoms with Crippen LogP contribution in [0.5, 0.6) is 5.75 Å². The van der Waals surface area contributed by atoms with Gasteiger partial charge in [-0.05, 0) is 91.4 Å². The molecule has 0 radical (unpaired) electrons. The summed E-state index contributed by atoms with van der Waals surface area (Å²) in [5.74, 6) is 2.40. The Morgan fingerprint density at radius 2 is 1.84 bits per heavy atom. The van der Waals surface area contributed by atoms with Crippen LogP contribution >= 0.6 is 0 Å². The molecule has 4 nitrogen and oxygen atoms in total. The van der Waals surface area contributed by atoms with E-state index in [-0.39, 0.29) is 11.9 Å². The van der Waals surface area contributed by atoms with Gasteiger partial charge in [-0.2, -0.15) is 0 Å². The van der Waals surface area contributed by atoms with Crippen molar-refractivity contribution in [2.45, 2.75) is 58.5 Å². The highest BCUT2D eigenvalue weighted by Gasteiger charge is 2.28. The number of amides is 1. The average Bonchev–Trinajstić information content (AvgIpc) is 3.51. The van der Waals surface area contributed by atoms with E-state index >= 15 is 0 Å². The van der Waals surface area contributed by atoms with Crippen LogP contribution in [-0.4, -0.2) is 37.0 Å². The van der Waals surface area contributed by atoms with Crippen molar-refractivity contribution in [1.29, 1.82) is 0 Å². The summed E-state index contributed by atoms with van der Waals surface area (Å²) in [7, 11) is 1.94. The Bertz CT molecular complexity index is 887. The standard InChI is InChI=1S/C27H36N2O2/c1-19(2)12-13-28-17-21-6-7-23-15-25(16-24(23)14-21)29(3)27(30)22-8-10-26(11-9-22)31-18-20-4-5-20/h6-11,14,19-20,25,28H,4-5,12-13,15-18H2,1-3H3/t25-/m1/s1. The van der Waals surface area contributed by atoms with Crippen LogP contribution in [0.1, 0.15) is 60.2 Å². The monoisotopic (exact) mass is 420 g/mol. The molecular weight excluding hydrogens is 384 g/mol. The topological polar surface area (TPSA) is 41.6 Å². The molecule has 0 saturated heterocycles. The van der Waals surface area contributed by atoms with Gasteiger partial charge in [-0.3, -0.25) is 4.79 Å². The van der Waals surface area contributed by atoms with E-state index in [0.717, 1.165) is 55.7 Å². The molecule has 0 aromatic heterocycles. The largest absolute Gasteiger partial charge is 0.493 e. The third-order valence-electron chi connectivity index (χ3n) is 6.56. The van der Waals surface area contributed by atoms with Gasteiger partial charge in [0.25, 0.3) is 5.91 Å². The van der Waals surface area contributed by atoms with Crippen LogP contribution in [0.4, 0.5) is 0 Å². The second-order valence-electron chi connectivity index (χ2n) is 9.72. The Labute approximate surface area is 187 Å². The molecule has 1 amide bonds. The van der Waals surface area contributed by atoms with Gasteiger partial charge in [-0.1, -0.05) is 32.0 Å². The molecule has 0 spiro atoms. The van der Waals surface area contributed by atoms with Gasteiger partial charge < -0.3 is 15.0 Å². The number of carbonyl (C=O) groups is 1. The van der Waals surface area contributed by atoms with Crippen molar-refractivity contribution in [1.82, 2.24) is 10.2 Å². The van der Waals surface area contributed by atoms with Crippen molar-refractivity contribution in [3.05, 3.63) is 64.7 Å². The third kappa shape index (κ3) is 5.88. The molecule has 4 rings (SSSR count). The molecule has 0 heterocycles. The van der Waals surface area contributed by atoms with Crippen molar-refractivity contribution in [2.24, 2.45) is 11.8 Å². The number of nitrogens with zero attached hydrogens (tertiary/aromatic N) is 1. The molecule has 31 heavy (non-hydrogen) atoms. The second kappa shape index (κ2) is 9.86. The Balaban J connectivity index is 1.30. The number of fused-ring (bicyclic) bond motifs is 1. The summed E-state index contributed by atoms with van der Waals surface area (Å²) >= 11 is 0. The molecule has 2 aliphatic rings. The van der Waals surface area contributed by atoms with Gasteiger partial charge in [-0.15, -0.1) is 0 Å². The maximum Gasteiger partial charge on any atom is 0.253 e. The van der Waals surface area contributed by atoms with E-state index in [2.05, 4.69) is 37.4 Å². The van der Waals surface area contributed by atoms with Gasteiger partial charge >= 0.3 is 0 Å². The van der Waals surface area contributed by atoms with E-state index < -0.39 is 0 Å². The highest BCUT2D eigenvalue weighted by atomic mass is 16.5. The van der Waals surface area contributed by atoms with E-state index in [9.17, 15) is 4.79 Å². The highest BCUT2D eigenvalue weighted by molar-refractivity contribution is 5.94. The predicted octanol–water partition coefficient (Wildman–Crippen LogP) is 4.85. The van der Waals surface area contributed by atoms with Crippen molar-refractivity contribution in [2.75, 3.05) is 20.2 Å². The number of hydrogen-bond acceptors (Lipinski definition) is 3. The van der Waals surface area contributed by atoms with Crippen molar-refractivity contribution < 1.29 is 9.53 Å². The fourth-order valence-electron chi connectivity index (χ4n) is 4.22. The summed E-state index contributed by atoms with van der Waals surface area (Å²) in [5.41, 5.74) is 4.82. The quantitative estimate of drug-likeness (QED) is 0.559. The average molecular weight is 421 g/mol. The van der Waals surface area contributed by atoms with E-state index in [0.29, 0.717) is 0 Å². The van der Waals surface area contributed by atoms with E-state index in [4.69, 9.17) is 4.74 Å². The lowest BCUT2D eigenvalue weighted by Crippen LogP contribution is -2.37. The summed E-state index contributed by atoms with van der Waals surface area (Å²) < 4.78 is 5.80. The lowest BCUT2D eigenvalue weighted by molar-refractivity contribution is 0.0737. The zero-order valence-corrected chi connectivity index (χ0v) is 19.2. The van der Waals surface area contributed by atoms with Gasteiger partial charge in [0.2, 0.25) is 0 Å². The third-order valence-corrected chi connectivity index (χ3v) is 6.56. The first kappa shape index (κ1) is 21.9. The molecule has 1 atom stereocenters. The lowest BCUT2D eigenvalue weighted by atomic mass is 10.1. The first-order valence-corrected chi connectivity index (χ1v) is 11.8. The van der Waals surface area contributed by atoms with E-state index in [1.165, 1.54) is 36.0 Å². The minimum Gasteiger partial charge on any atom is -0.493 e. The molecule has 0 aliphatic heterocycles. The fourth-order valence-corrected chi connectivity index (χ4v) is 4.22. The molecule has 2 aromatic carbocycles. The number of ether oxygens (including phenoxy) is 1. The number of carbonyl (C=O) groups excluding carboxylic acids is 1. The van der Waals surface area contributed by atoms with E-state index in [1.807, 2.05) is 36.2 Å². The summed E-state index contributed by atoms with van der Waals surface area (Å²) in [6.45, 7) is 7.27. The van der Waals surface area contributed by atoms with Gasteiger partial charge in [0.15, 0.2) is 0 Å². The molecule has 2 aromatic rings. The number of nitrogens with one attached hydrogen (secondary N) is 1. The minimum atomic E-state index is 0.0853. The first-order chi connectivity index (χ1) is 15.0. The molecule has 166 valence electrons. The highest BCUT2D eigenvalue weighted by Crippen LogP contribution is 2.30.